The molecule has 0 aliphatic heterocycles. The molecule has 5 nitrogen and oxygen atoms in total. The Morgan fingerprint density at radius 1 is 1.13 bits per heavy atom. The van der Waals surface area contributed by atoms with Gasteiger partial charge >= 0.3 is 0 Å². The number of benzene rings is 2. The SMILES string of the molecule is Cc1ccc(C(NC(=O)CCCc2nc(-c3ccc(F)cc3)no2)c2cccs2)cc1. The second-order valence-electron chi connectivity index (χ2n) is 7.30. The largest absolute Gasteiger partial charge is 0.344 e. The molecular weight excluding hydrogens is 413 g/mol. The van der Waals surface area contributed by atoms with E-state index in [1.807, 2.05) is 24.4 Å². The second-order valence-corrected chi connectivity index (χ2v) is 8.28. The number of aryl methyl sites for hydroxylation is 2. The molecule has 0 bridgehead atoms. The molecule has 7 heteroatoms. The van der Waals surface area contributed by atoms with E-state index in [4.69, 9.17) is 4.52 Å². The van der Waals surface area contributed by atoms with Gasteiger partial charge in [-0.3, -0.25) is 4.79 Å². The first-order valence-electron chi connectivity index (χ1n) is 10.1. The molecule has 0 fully saturated rings. The summed E-state index contributed by atoms with van der Waals surface area (Å²) in [6, 6.07) is 18.0. The highest BCUT2D eigenvalue weighted by atomic mass is 32.1. The van der Waals surface area contributed by atoms with Crippen LogP contribution in [0.3, 0.4) is 0 Å². The number of hydrogen-bond donors (Lipinski definition) is 1. The van der Waals surface area contributed by atoms with Crippen molar-refractivity contribution < 1.29 is 13.7 Å². The molecule has 158 valence electrons. The summed E-state index contributed by atoms with van der Waals surface area (Å²) in [6.45, 7) is 2.04. The van der Waals surface area contributed by atoms with Gasteiger partial charge in [-0.25, -0.2) is 4.39 Å². The van der Waals surface area contributed by atoms with Gasteiger partial charge < -0.3 is 9.84 Å². The molecule has 1 atom stereocenters. The van der Waals surface area contributed by atoms with Crippen molar-refractivity contribution in [1.29, 1.82) is 0 Å². The maximum atomic E-state index is 13.1. The maximum absolute atomic E-state index is 13.1. The number of nitrogens with one attached hydrogen (secondary N) is 1. The predicted molar refractivity (Wildman–Crippen MR) is 118 cm³/mol. The molecule has 0 spiro atoms. The highest BCUT2D eigenvalue weighted by Crippen LogP contribution is 2.26. The number of rotatable bonds is 8. The van der Waals surface area contributed by atoms with Crippen molar-refractivity contribution >= 4 is 17.2 Å². The third kappa shape index (κ3) is 5.44. The van der Waals surface area contributed by atoms with Crippen LogP contribution in [-0.2, 0) is 11.2 Å². The number of nitrogens with zero attached hydrogens (tertiary/aromatic N) is 2. The molecule has 4 aromatic rings. The van der Waals surface area contributed by atoms with Gasteiger partial charge in [0.05, 0.1) is 6.04 Å². The Kier molecular flexibility index (Phi) is 6.52. The molecule has 0 radical (unpaired) electrons. The molecule has 0 aliphatic carbocycles. The van der Waals surface area contributed by atoms with Gasteiger partial charge in [-0.05, 0) is 54.6 Å². The Balaban J connectivity index is 1.34. The summed E-state index contributed by atoms with van der Waals surface area (Å²) in [7, 11) is 0. The minimum Gasteiger partial charge on any atom is -0.344 e. The Bertz CT molecular complexity index is 1120. The van der Waals surface area contributed by atoms with Crippen molar-refractivity contribution in [3.8, 4) is 11.4 Å². The van der Waals surface area contributed by atoms with Crippen LogP contribution in [0, 0.1) is 12.7 Å². The molecule has 1 amide bonds. The van der Waals surface area contributed by atoms with Crippen molar-refractivity contribution in [2.75, 3.05) is 0 Å². The van der Waals surface area contributed by atoms with E-state index in [0.717, 1.165) is 10.4 Å². The lowest BCUT2D eigenvalue weighted by atomic mass is 10.0. The average molecular weight is 436 g/mol. The third-order valence-corrected chi connectivity index (χ3v) is 5.85. The van der Waals surface area contributed by atoms with Crippen LogP contribution in [0.4, 0.5) is 4.39 Å². The van der Waals surface area contributed by atoms with Crippen molar-refractivity contribution in [3.05, 3.63) is 93.8 Å². The van der Waals surface area contributed by atoms with E-state index >= 15 is 0 Å². The second kappa shape index (κ2) is 9.66. The van der Waals surface area contributed by atoms with Crippen LogP contribution in [-0.4, -0.2) is 16.0 Å². The summed E-state index contributed by atoms with van der Waals surface area (Å²) < 4.78 is 18.3. The highest BCUT2D eigenvalue weighted by Gasteiger charge is 2.18. The molecule has 0 aliphatic rings. The summed E-state index contributed by atoms with van der Waals surface area (Å²) in [5, 5.41) is 9.09. The fourth-order valence-corrected chi connectivity index (χ4v) is 4.04. The summed E-state index contributed by atoms with van der Waals surface area (Å²) in [5.41, 5.74) is 2.92. The van der Waals surface area contributed by atoms with Crippen LogP contribution in [0.25, 0.3) is 11.4 Å². The highest BCUT2D eigenvalue weighted by molar-refractivity contribution is 7.10. The van der Waals surface area contributed by atoms with Crippen molar-refractivity contribution in [2.24, 2.45) is 0 Å². The van der Waals surface area contributed by atoms with E-state index in [2.05, 4.69) is 39.7 Å². The number of hydrogen-bond acceptors (Lipinski definition) is 5. The standard InChI is InChI=1S/C24H22FN3O2S/c1-16-7-9-17(10-8-16)23(20-4-3-15-31-20)26-21(29)5-2-6-22-27-24(28-30-22)18-11-13-19(25)14-12-18/h3-4,7-15,23H,2,5-6H2,1H3,(H,26,29). The minimum absolute atomic E-state index is 0.0303. The number of carbonyl (C=O) groups is 1. The van der Waals surface area contributed by atoms with E-state index in [1.54, 1.807) is 23.5 Å². The molecule has 0 saturated heterocycles. The zero-order valence-electron chi connectivity index (χ0n) is 17.0. The van der Waals surface area contributed by atoms with Crippen LogP contribution >= 0.6 is 11.3 Å². The quantitative estimate of drug-likeness (QED) is 0.398. The lowest BCUT2D eigenvalue weighted by molar-refractivity contribution is -0.121. The summed E-state index contributed by atoms with van der Waals surface area (Å²) in [4.78, 5) is 18.1. The zero-order chi connectivity index (χ0) is 21.6. The van der Waals surface area contributed by atoms with E-state index < -0.39 is 0 Å². The maximum Gasteiger partial charge on any atom is 0.226 e. The van der Waals surface area contributed by atoms with E-state index in [-0.39, 0.29) is 17.8 Å². The molecule has 31 heavy (non-hydrogen) atoms. The molecule has 0 saturated carbocycles. The molecule has 2 heterocycles. The predicted octanol–water partition coefficient (Wildman–Crippen LogP) is 5.47. The Labute approximate surface area is 183 Å². The van der Waals surface area contributed by atoms with Crippen molar-refractivity contribution in [1.82, 2.24) is 15.5 Å². The third-order valence-electron chi connectivity index (χ3n) is 4.91. The van der Waals surface area contributed by atoms with Gasteiger partial charge in [0.25, 0.3) is 0 Å². The van der Waals surface area contributed by atoms with Crippen LogP contribution in [0.5, 0.6) is 0 Å². The lowest BCUT2D eigenvalue weighted by Gasteiger charge is -2.18. The van der Waals surface area contributed by atoms with Crippen LogP contribution in [0.2, 0.25) is 0 Å². The van der Waals surface area contributed by atoms with Crippen LogP contribution in [0.15, 0.2) is 70.6 Å². The van der Waals surface area contributed by atoms with Crippen LogP contribution in [0.1, 0.15) is 40.8 Å². The first-order valence-corrected chi connectivity index (χ1v) is 10.9. The van der Waals surface area contributed by atoms with Gasteiger partial charge in [0.1, 0.15) is 5.82 Å². The molecule has 1 N–H and O–H groups in total. The zero-order valence-corrected chi connectivity index (χ0v) is 17.9. The van der Waals surface area contributed by atoms with Gasteiger partial charge in [0.15, 0.2) is 0 Å². The smallest absolute Gasteiger partial charge is 0.226 e. The van der Waals surface area contributed by atoms with Crippen LogP contribution < -0.4 is 5.32 Å². The van der Waals surface area contributed by atoms with E-state index in [0.29, 0.717) is 36.5 Å². The fourth-order valence-electron chi connectivity index (χ4n) is 3.24. The normalized spacial score (nSPS) is 11.9. The number of aromatic nitrogens is 2. The molecular formula is C24H22FN3O2S. The Hall–Kier alpha value is -3.32. The van der Waals surface area contributed by atoms with Gasteiger partial charge in [0, 0.05) is 23.3 Å². The Morgan fingerprint density at radius 3 is 2.61 bits per heavy atom. The first kappa shape index (κ1) is 20.9. The summed E-state index contributed by atoms with van der Waals surface area (Å²) in [5.74, 6) is 0.527. The minimum atomic E-state index is -0.315. The molecule has 4 rings (SSSR count). The number of amides is 1. The Morgan fingerprint density at radius 2 is 1.90 bits per heavy atom. The van der Waals surface area contributed by atoms with Crippen molar-refractivity contribution in [3.63, 3.8) is 0 Å². The van der Waals surface area contributed by atoms with Gasteiger partial charge in [-0.2, -0.15) is 4.98 Å². The van der Waals surface area contributed by atoms with Crippen molar-refractivity contribution in [2.45, 2.75) is 32.2 Å². The van der Waals surface area contributed by atoms with Gasteiger partial charge in [0.2, 0.25) is 17.6 Å². The molecule has 2 aromatic carbocycles. The van der Waals surface area contributed by atoms with Gasteiger partial charge in [-0.15, -0.1) is 11.3 Å². The van der Waals surface area contributed by atoms with E-state index in [9.17, 15) is 9.18 Å². The summed E-state index contributed by atoms with van der Waals surface area (Å²) >= 11 is 1.62. The first-order chi connectivity index (χ1) is 15.1. The monoisotopic (exact) mass is 435 g/mol. The summed E-state index contributed by atoms with van der Waals surface area (Å²) in [6.07, 6.45) is 1.43. The fraction of sp³-hybridized carbons (Fsp3) is 0.208. The molecule has 1 unspecified atom stereocenters. The number of halogens is 1. The number of carbonyl (C=O) groups excluding carboxylic acids is 1. The molecule has 2 aromatic heterocycles. The number of thiophene rings is 1. The topological polar surface area (TPSA) is 68.0 Å². The van der Waals surface area contributed by atoms with Gasteiger partial charge in [-0.1, -0.05) is 41.1 Å². The average Bonchev–Trinajstić information content (AvgIpc) is 3.46. The lowest BCUT2D eigenvalue weighted by Crippen LogP contribution is -2.28. The van der Waals surface area contributed by atoms with E-state index in [1.165, 1.54) is 17.7 Å².